The fraction of sp³-hybridized carbons (Fsp3) is 0.333. The largest absolute Gasteiger partial charge is 0.303 e. The van der Waals surface area contributed by atoms with E-state index in [0.29, 0.717) is 0 Å². The molecule has 46 valence electrons. The summed E-state index contributed by atoms with van der Waals surface area (Å²) in [5.74, 6) is 0. The van der Waals surface area contributed by atoms with Crippen molar-refractivity contribution in [3.05, 3.63) is 17.2 Å². The number of alkyl halides is 2. The quantitative estimate of drug-likeness (QED) is 0.423. The van der Waals surface area contributed by atoms with Gasteiger partial charge in [0.15, 0.2) is 5.70 Å². The van der Waals surface area contributed by atoms with Gasteiger partial charge < -0.3 is 0 Å². The Kier molecular flexibility index (Phi) is 2.16. The molecule has 1 atom stereocenters. The lowest BCUT2D eigenvalue weighted by molar-refractivity contribution is 0.146. The Balaban J connectivity index is 4.02. The SMILES string of the molecule is C=C(N=O)C(F)(F)P. The summed E-state index contributed by atoms with van der Waals surface area (Å²) < 4.78 is 23.4. The molecule has 2 nitrogen and oxygen atoms in total. The van der Waals surface area contributed by atoms with E-state index in [4.69, 9.17) is 0 Å². The van der Waals surface area contributed by atoms with Gasteiger partial charge in [-0.25, -0.2) is 0 Å². The normalized spacial score (nSPS) is 10.9. The third kappa shape index (κ3) is 2.07. The minimum absolute atomic E-state index is 0.970. The highest BCUT2D eigenvalue weighted by molar-refractivity contribution is 7.18. The molecule has 0 bridgehead atoms. The second-order valence-corrected chi connectivity index (χ2v) is 1.89. The number of allylic oxidation sites excluding steroid dienone is 1. The third-order valence-corrected chi connectivity index (χ3v) is 0.828. The van der Waals surface area contributed by atoms with Crippen molar-refractivity contribution in [1.82, 2.24) is 0 Å². The van der Waals surface area contributed by atoms with Crippen LogP contribution in [-0.2, 0) is 0 Å². The molecular weight excluding hydrogens is 135 g/mol. The molecule has 0 aromatic rings. The van der Waals surface area contributed by atoms with Crippen molar-refractivity contribution in [1.29, 1.82) is 0 Å². The van der Waals surface area contributed by atoms with Crippen molar-refractivity contribution in [2.45, 2.75) is 5.66 Å². The molecule has 0 aliphatic carbocycles. The second kappa shape index (κ2) is 2.27. The van der Waals surface area contributed by atoms with Gasteiger partial charge in [-0.15, -0.1) is 4.91 Å². The molecule has 0 saturated carbocycles. The van der Waals surface area contributed by atoms with E-state index in [9.17, 15) is 13.7 Å². The number of nitrogens with zero attached hydrogens (tertiary/aromatic N) is 1. The van der Waals surface area contributed by atoms with Gasteiger partial charge in [-0.1, -0.05) is 15.8 Å². The molecule has 0 aliphatic rings. The molecule has 8 heavy (non-hydrogen) atoms. The summed E-state index contributed by atoms with van der Waals surface area (Å²) >= 11 is 0. The minimum Gasteiger partial charge on any atom is -0.195 e. The predicted molar refractivity (Wildman–Crippen MR) is 29.6 cm³/mol. The predicted octanol–water partition coefficient (Wildman–Crippen LogP) is 1.73. The van der Waals surface area contributed by atoms with Crippen LogP contribution in [0.3, 0.4) is 0 Å². The van der Waals surface area contributed by atoms with Crippen LogP contribution >= 0.6 is 9.24 Å². The van der Waals surface area contributed by atoms with Crippen LogP contribution in [0.25, 0.3) is 0 Å². The van der Waals surface area contributed by atoms with E-state index in [1.165, 1.54) is 0 Å². The topological polar surface area (TPSA) is 29.4 Å². The molecule has 0 spiro atoms. The number of nitroso groups, excluding NO2 is 1. The van der Waals surface area contributed by atoms with Crippen molar-refractivity contribution in [2.24, 2.45) is 5.18 Å². The standard InChI is InChI=1S/C3H4F2NOP/c1-2(6-7)3(4,5)8/h1,8H2. The van der Waals surface area contributed by atoms with E-state index in [2.05, 4.69) is 6.58 Å². The molecule has 0 rings (SSSR count). The lowest BCUT2D eigenvalue weighted by atomic mass is 10.5. The van der Waals surface area contributed by atoms with Crippen LogP contribution in [0.15, 0.2) is 17.5 Å². The van der Waals surface area contributed by atoms with Crippen LogP contribution in [0.5, 0.6) is 0 Å². The number of halogens is 2. The van der Waals surface area contributed by atoms with Crippen molar-refractivity contribution in [3.63, 3.8) is 0 Å². The molecule has 0 radical (unpaired) electrons. The van der Waals surface area contributed by atoms with Gasteiger partial charge in [0, 0.05) is 0 Å². The van der Waals surface area contributed by atoms with E-state index >= 15 is 0 Å². The molecule has 0 aromatic heterocycles. The van der Waals surface area contributed by atoms with E-state index in [0.717, 1.165) is 9.24 Å². The Bertz CT molecular complexity index is 119. The monoisotopic (exact) mass is 139 g/mol. The summed E-state index contributed by atoms with van der Waals surface area (Å²) in [6, 6.07) is 0. The highest BCUT2D eigenvalue weighted by Crippen LogP contribution is 2.29. The maximum Gasteiger partial charge on any atom is 0.303 e. The van der Waals surface area contributed by atoms with Gasteiger partial charge >= 0.3 is 5.66 Å². The van der Waals surface area contributed by atoms with Crippen LogP contribution in [0.1, 0.15) is 0 Å². The lowest BCUT2D eigenvalue weighted by Crippen LogP contribution is -2.04. The van der Waals surface area contributed by atoms with Crippen molar-refractivity contribution in [2.75, 3.05) is 0 Å². The summed E-state index contributed by atoms with van der Waals surface area (Å²) in [6.07, 6.45) is 0. The van der Waals surface area contributed by atoms with Crippen molar-refractivity contribution >= 4 is 9.24 Å². The first kappa shape index (κ1) is 7.63. The molecule has 0 saturated heterocycles. The molecule has 0 fully saturated rings. The molecule has 1 unspecified atom stereocenters. The van der Waals surface area contributed by atoms with Crippen LogP contribution < -0.4 is 0 Å². The Labute approximate surface area is 47.1 Å². The fourth-order valence-corrected chi connectivity index (χ4v) is 0.114. The van der Waals surface area contributed by atoms with Gasteiger partial charge in [-0.2, -0.15) is 8.78 Å². The van der Waals surface area contributed by atoms with Crippen molar-refractivity contribution in [3.8, 4) is 0 Å². The molecule has 5 heteroatoms. The molecule has 0 aromatic carbocycles. The molecule has 0 N–H and O–H groups in total. The highest BCUT2D eigenvalue weighted by atomic mass is 31.0. The Morgan fingerprint density at radius 1 is 1.75 bits per heavy atom. The fourth-order valence-electron chi connectivity index (χ4n) is 0.0609. The first-order valence-corrected chi connectivity index (χ1v) is 2.25. The average molecular weight is 139 g/mol. The maximum absolute atomic E-state index is 11.7. The first-order valence-electron chi connectivity index (χ1n) is 1.68. The first-order chi connectivity index (χ1) is 3.48. The van der Waals surface area contributed by atoms with Crippen molar-refractivity contribution < 1.29 is 8.78 Å². The van der Waals surface area contributed by atoms with Gasteiger partial charge in [0.05, 0.1) is 0 Å². The van der Waals surface area contributed by atoms with E-state index < -0.39 is 11.4 Å². The third-order valence-electron chi connectivity index (χ3n) is 0.495. The van der Waals surface area contributed by atoms with Gasteiger partial charge in [0.2, 0.25) is 0 Å². The molecular formula is C3H4F2NOP. The number of rotatable bonds is 2. The highest BCUT2D eigenvalue weighted by Gasteiger charge is 2.26. The second-order valence-electron chi connectivity index (χ2n) is 1.16. The summed E-state index contributed by atoms with van der Waals surface area (Å²) in [5, 5.41) is 1.94. The zero-order chi connectivity index (χ0) is 6.78. The number of hydrogen-bond acceptors (Lipinski definition) is 2. The molecule has 0 heterocycles. The minimum atomic E-state index is -3.25. The van der Waals surface area contributed by atoms with Gasteiger partial charge in [0.1, 0.15) is 0 Å². The van der Waals surface area contributed by atoms with Crippen LogP contribution in [0.4, 0.5) is 8.78 Å². The Morgan fingerprint density at radius 3 is 2.12 bits per heavy atom. The Morgan fingerprint density at radius 2 is 2.12 bits per heavy atom. The van der Waals surface area contributed by atoms with E-state index in [1.54, 1.807) is 0 Å². The Hall–Kier alpha value is -0.370. The van der Waals surface area contributed by atoms with E-state index in [-0.39, 0.29) is 0 Å². The van der Waals surface area contributed by atoms with Crippen LogP contribution in [0, 0.1) is 4.91 Å². The number of hydrogen-bond donors (Lipinski definition) is 0. The summed E-state index contributed by atoms with van der Waals surface area (Å²) in [6.45, 7) is 2.69. The summed E-state index contributed by atoms with van der Waals surface area (Å²) in [7, 11) is 1.15. The smallest absolute Gasteiger partial charge is 0.195 e. The molecule has 0 aliphatic heterocycles. The zero-order valence-electron chi connectivity index (χ0n) is 3.90. The molecule has 0 amide bonds. The van der Waals surface area contributed by atoms with E-state index in [1.807, 2.05) is 5.18 Å². The zero-order valence-corrected chi connectivity index (χ0v) is 5.05. The summed E-state index contributed by atoms with van der Waals surface area (Å²) in [5.41, 5.74) is -4.22. The maximum atomic E-state index is 11.7. The van der Waals surface area contributed by atoms with Gasteiger partial charge in [-0.3, -0.25) is 0 Å². The van der Waals surface area contributed by atoms with Crippen LogP contribution in [0.2, 0.25) is 0 Å². The van der Waals surface area contributed by atoms with Crippen LogP contribution in [-0.4, -0.2) is 5.66 Å². The summed E-state index contributed by atoms with van der Waals surface area (Å²) in [4.78, 5) is 9.31. The van der Waals surface area contributed by atoms with Gasteiger partial charge in [0.25, 0.3) is 0 Å². The average Bonchev–Trinajstić information content (AvgIpc) is 1.62. The lowest BCUT2D eigenvalue weighted by Gasteiger charge is -2.03. The van der Waals surface area contributed by atoms with Gasteiger partial charge in [-0.05, 0) is 5.18 Å².